The van der Waals surface area contributed by atoms with Gasteiger partial charge < -0.3 is 18.9 Å². The molecule has 4 aliphatic rings. The Morgan fingerprint density at radius 1 is 0.909 bits per heavy atom. The second-order valence-corrected chi connectivity index (χ2v) is 15.0. The monoisotopic (exact) mass is 797 g/mol. The lowest BCUT2D eigenvalue weighted by atomic mass is 9.86. The van der Waals surface area contributed by atoms with Crippen molar-refractivity contribution in [2.75, 3.05) is 26.2 Å². The molecule has 4 fully saturated rings. The second kappa shape index (κ2) is 17.6. The molecule has 3 aromatic carbocycles. The van der Waals surface area contributed by atoms with Crippen LogP contribution in [-0.2, 0) is 27.2 Å². The minimum atomic E-state index is -3.07. The molecule has 0 amide bonds. The summed E-state index contributed by atoms with van der Waals surface area (Å²) >= 11 is 12.9. The highest BCUT2D eigenvalue weighted by Crippen LogP contribution is 2.38. The maximum atomic E-state index is 14.4. The molecule has 3 saturated heterocycles. The molecule has 1 aromatic heterocycles. The molecule has 0 radical (unpaired) electrons. The van der Waals surface area contributed by atoms with Crippen LogP contribution in [0.25, 0.3) is 0 Å². The third-order valence-electron chi connectivity index (χ3n) is 10.3. The highest BCUT2D eigenvalue weighted by Gasteiger charge is 2.38. The smallest absolute Gasteiger partial charge is 0.387 e. The minimum Gasteiger partial charge on any atom is -0.489 e. The number of pyridine rings is 1. The van der Waals surface area contributed by atoms with Crippen LogP contribution < -0.4 is 14.8 Å². The molecule has 4 aromatic rings. The number of benzene rings is 3. The summed E-state index contributed by atoms with van der Waals surface area (Å²) in [4.78, 5) is 33.8. The fourth-order valence-electron chi connectivity index (χ4n) is 7.08. The normalized spacial score (nSPS) is 20.1. The quantitative estimate of drug-likeness (QED) is 0.112. The summed E-state index contributed by atoms with van der Waals surface area (Å²) < 4.78 is 63.6. The number of rotatable bonds is 16. The molecule has 0 spiro atoms. The molecule has 1 unspecified atom stereocenters. The van der Waals surface area contributed by atoms with E-state index in [9.17, 15) is 22.8 Å². The highest BCUT2D eigenvalue weighted by molar-refractivity contribution is 6.35. The number of hydrogen-bond acceptors (Lipinski definition) is 9. The zero-order valence-electron chi connectivity index (χ0n) is 29.8. The first-order chi connectivity index (χ1) is 26.6. The average molecular weight is 799 g/mol. The molecule has 1 saturated carbocycles. The van der Waals surface area contributed by atoms with Crippen LogP contribution in [0.1, 0.15) is 70.4 Å². The average Bonchev–Trinajstić information content (AvgIpc) is 4.01. The molecular formula is C41H40Cl2F3N3O6. The van der Waals surface area contributed by atoms with Gasteiger partial charge in [0.2, 0.25) is 0 Å². The summed E-state index contributed by atoms with van der Waals surface area (Å²) in [6.07, 6.45) is 5.55. The number of ether oxygens (including phenoxy) is 4. The van der Waals surface area contributed by atoms with Crippen molar-refractivity contribution in [2.24, 2.45) is 11.8 Å². The number of alkyl halides is 2. The number of nitrogens with zero attached hydrogens (tertiary/aromatic N) is 2. The number of aromatic nitrogens is 1. The topological polar surface area (TPSA) is 99.2 Å². The van der Waals surface area contributed by atoms with Crippen LogP contribution in [0.2, 0.25) is 10.0 Å². The molecule has 9 nitrogen and oxygen atoms in total. The van der Waals surface area contributed by atoms with Gasteiger partial charge in [-0.05, 0) is 109 Å². The van der Waals surface area contributed by atoms with Gasteiger partial charge in [0.05, 0.1) is 22.2 Å². The van der Waals surface area contributed by atoms with Crippen molar-refractivity contribution in [3.05, 3.63) is 123 Å². The summed E-state index contributed by atoms with van der Waals surface area (Å²) in [5.74, 6) is -1.10. The van der Waals surface area contributed by atoms with Gasteiger partial charge >= 0.3 is 18.6 Å². The molecule has 8 rings (SSSR count). The van der Waals surface area contributed by atoms with Crippen molar-refractivity contribution >= 4 is 35.1 Å². The maximum Gasteiger partial charge on any atom is 0.387 e. The third-order valence-corrected chi connectivity index (χ3v) is 10.9. The molecule has 55 heavy (non-hydrogen) atoms. The predicted molar refractivity (Wildman–Crippen MR) is 199 cm³/mol. The number of carbonyl (C=O) groups is 2. The number of fused-ring (bicyclic) bond motifs is 3. The standard InChI is InChI=1S/C41H40Cl2F3N3O6/c42-32-20-47-21-33(43)31(32)18-35(27-9-10-34(55-41(45)46)36(17-27)52-23-24-7-8-24)53-39(50)29-5-1-3-25(15-29)19-48-38(28-4-2-6-30(44)16-28)40(51)54-37-22-49-13-11-26(37)12-14-49/h1-6,9-10,15-17,20-21,24,26,35,37-38,41,48H,7-8,11-14,18-19,22-23H2/t35-,37-,38?/m0/s1. The van der Waals surface area contributed by atoms with Crippen LogP contribution >= 0.6 is 23.2 Å². The lowest BCUT2D eigenvalue weighted by Crippen LogP contribution is -2.52. The SMILES string of the molecule is O=C(O[C@@H](Cc1c(Cl)cncc1Cl)c1ccc(OC(F)F)c(OCC2CC2)c1)c1cccc(CNC(C(=O)O[C@H]2CN3CCC2CC3)c2cccc(F)c2)c1. The van der Waals surface area contributed by atoms with E-state index in [0.717, 1.165) is 38.8 Å². The van der Waals surface area contributed by atoms with E-state index in [4.69, 9.17) is 42.1 Å². The first-order valence-corrected chi connectivity index (χ1v) is 19.1. The number of piperidine rings is 3. The van der Waals surface area contributed by atoms with Crippen LogP contribution in [0.5, 0.6) is 11.5 Å². The van der Waals surface area contributed by atoms with Crippen LogP contribution in [0, 0.1) is 17.7 Å². The molecule has 14 heteroatoms. The fraction of sp³-hybridized carbons (Fsp3) is 0.390. The lowest BCUT2D eigenvalue weighted by molar-refractivity contribution is -0.161. The van der Waals surface area contributed by atoms with Crippen LogP contribution in [0.3, 0.4) is 0 Å². The largest absolute Gasteiger partial charge is 0.489 e. The second-order valence-electron chi connectivity index (χ2n) is 14.2. The van der Waals surface area contributed by atoms with Crippen molar-refractivity contribution in [1.29, 1.82) is 0 Å². The van der Waals surface area contributed by atoms with Gasteiger partial charge in [-0.1, -0.05) is 53.5 Å². The van der Waals surface area contributed by atoms with Crippen LogP contribution in [0.15, 0.2) is 79.1 Å². The Kier molecular flexibility index (Phi) is 12.5. The van der Waals surface area contributed by atoms with E-state index in [1.165, 1.54) is 42.7 Å². The van der Waals surface area contributed by atoms with E-state index in [2.05, 4.69) is 15.2 Å². The van der Waals surface area contributed by atoms with Gasteiger partial charge in [-0.3, -0.25) is 15.2 Å². The number of esters is 2. The van der Waals surface area contributed by atoms with E-state index in [1.54, 1.807) is 36.4 Å². The first-order valence-electron chi connectivity index (χ1n) is 18.3. The highest BCUT2D eigenvalue weighted by atomic mass is 35.5. The molecule has 1 aliphatic carbocycles. The van der Waals surface area contributed by atoms with Gasteiger partial charge in [-0.25, -0.2) is 14.0 Å². The Bertz CT molecular complexity index is 1970. The van der Waals surface area contributed by atoms with E-state index >= 15 is 0 Å². The Balaban J connectivity index is 1.10. The van der Waals surface area contributed by atoms with Gasteiger partial charge in [0, 0.05) is 31.9 Å². The summed E-state index contributed by atoms with van der Waals surface area (Å²) in [6.45, 7) is 0.0592. The van der Waals surface area contributed by atoms with Gasteiger partial charge in [0.25, 0.3) is 0 Å². The van der Waals surface area contributed by atoms with E-state index < -0.39 is 36.5 Å². The minimum absolute atomic E-state index is 0.0291. The van der Waals surface area contributed by atoms with Crippen molar-refractivity contribution < 1.29 is 41.7 Å². The summed E-state index contributed by atoms with van der Waals surface area (Å²) in [5, 5.41) is 3.73. The van der Waals surface area contributed by atoms with Crippen molar-refractivity contribution in [3.63, 3.8) is 0 Å². The first kappa shape index (κ1) is 38.9. The number of nitrogens with one attached hydrogen (secondary N) is 1. The zero-order valence-corrected chi connectivity index (χ0v) is 31.3. The van der Waals surface area contributed by atoms with Crippen molar-refractivity contribution in [3.8, 4) is 11.5 Å². The van der Waals surface area contributed by atoms with E-state index in [0.29, 0.717) is 47.2 Å². The molecule has 4 heterocycles. The number of hydrogen-bond donors (Lipinski definition) is 1. The summed E-state index contributed by atoms with van der Waals surface area (Å²) in [6, 6.07) is 15.9. The molecule has 2 bridgehead atoms. The number of halogens is 5. The lowest BCUT2D eigenvalue weighted by Gasteiger charge is -2.44. The predicted octanol–water partition coefficient (Wildman–Crippen LogP) is 8.53. The van der Waals surface area contributed by atoms with E-state index in [-0.39, 0.29) is 46.2 Å². The van der Waals surface area contributed by atoms with Crippen LogP contribution in [0.4, 0.5) is 13.2 Å². The summed E-state index contributed by atoms with van der Waals surface area (Å²) in [5.41, 5.74) is 2.17. The molecule has 1 N–H and O–H groups in total. The van der Waals surface area contributed by atoms with E-state index in [1.807, 2.05) is 0 Å². The maximum absolute atomic E-state index is 14.4. The Morgan fingerprint density at radius 2 is 1.67 bits per heavy atom. The Hall–Kier alpha value is -4.36. The molecular weight excluding hydrogens is 758 g/mol. The molecule has 3 atom stereocenters. The molecule has 3 aliphatic heterocycles. The van der Waals surface area contributed by atoms with Gasteiger partial charge in [-0.2, -0.15) is 8.78 Å². The third kappa shape index (κ3) is 10.1. The van der Waals surface area contributed by atoms with Crippen LogP contribution in [-0.4, -0.2) is 60.8 Å². The molecule has 290 valence electrons. The zero-order chi connectivity index (χ0) is 38.5. The summed E-state index contributed by atoms with van der Waals surface area (Å²) in [7, 11) is 0. The fourth-order valence-corrected chi connectivity index (χ4v) is 7.60. The van der Waals surface area contributed by atoms with Crippen molar-refractivity contribution in [2.45, 2.75) is 63.5 Å². The Labute approximate surface area is 327 Å². The van der Waals surface area contributed by atoms with Gasteiger partial charge in [-0.15, -0.1) is 0 Å². The Morgan fingerprint density at radius 3 is 2.36 bits per heavy atom. The van der Waals surface area contributed by atoms with Gasteiger partial charge in [0.1, 0.15) is 24.1 Å². The van der Waals surface area contributed by atoms with Crippen molar-refractivity contribution in [1.82, 2.24) is 15.2 Å². The van der Waals surface area contributed by atoms with Gasteiger partial charge in [0.15, 0.2) is 11.5 Å². The number of carbonyl (C=O) groups excluding carboxylic acids is 2.